The van der Waals surface area contributed by atoms with Crippen molar-refractivity contribution < 1.29 is 14.0 Å². The van der Waals surface area contributed by atoms with Crippen molar-refractivity contribution >= 4 is 23.2 Å². The molecule has 1 saturated carbocycles. The van der Waals surface area contributed by atoms with Gasteiger partial charge in [0.2, 0.25) is 0 Å². The molecule has 1 heterocycles. The predicted molar refractivity (Wildman–Crippen MR) is 117 cm³/mol. The van der Waals surface area contributed by atoms with E-state index in [4.69, 9.17) is 0 Å². The van der Waals surface area contributed by atoms with Gasteiger partial charge in [0.1, 0.15) is 5.82 Å². The van der Waals surface area contributed by atoms with Crippen LogP contribution in [-0.4, -0.2) is 30.9 Å². The first-order chi connectivity index (χ1) is 14.6. The summed E-state index contributed by atoms with van der Waals surface area (Å²) in [6.45, 7) is 1.84. The Hall–Kier alpha value is -2.89. The molecule has 30 heavy (non-hydrogen) atoms. The molecule has 2 N–H and O–H groups in total. The molecule has 1 saturated heterocycles. The van der Waals surface area contributed by atoms with Crippen LogP contribution in [0.25, 0.3) is 0 Å². The molecule has 0 atom stereocenters. The molecule has 0 unspecified atom stereocenters. The topological polar surface area (TPSA) is 61.4 Å². The Morgan fingerprint density at radius 3 is 2.33 bits per heavy atom. The lowest BCUT2D eigenvalue weighted by Gasteiger charge is -2.25. The second kappa shape index (κ2) is 9.28. The van der Waals surface area contributed by atoms with Gasteiger partial charge in [-0.15, -0.1) is 0 Å². The average molecular weight is 410 g/mol. The Kier molecular flexibility index (Phi) is 6.31. The number of carbonyl (C=O) groups excluding carboxylic acids is 2. The fourth-order valence-electron chi connectivity index (χ4n) is 4.38. The van der Waals surface area contributed by atoms with Crippen LogP contribution in [0.1, 0.15) is 65.7 Å². The van der Waals surface area contributed by atoms with Gasteiger partial charge in [0.15, 0.2) is 0 Å². The zero-order valence-corrected chi connectivity index (χ0v) is 17.1. The van der Waals surface area contributed by atoms with Gasteiger partial charge in [0.05, 0.1) is 11.1 Å². The summed E-state index contributed by atoms with van der Waals surface area (Å²) in [4.78, 5) is 27.9. The van der Waals surface area contributed by atoms with E-state index in [0.29, 0.717) is 11.3 Å². The van der Waals surface area contributed by atoms with Crippen LogP contribution in [0.2, 0.25) is 0 Å². The number of anilines is 2. The van der Waals surface area contributed by atoms with Crippen molar-refractivity contribution in [2.75, 3.05) is 23.3 Å². The van der Waals surface area contributed by atoms with Crippen LogP contribution in [0.15, 0.2) is 42.5 Å². The van der Waals surface area contributed by atoms with Crippen LogP contribution in [0, 0.1) is 5.82 Å². The van der Waals surface area contributed by atoms with E-state index in [9.17, 15) is 14.0 Å². The molecule has 2 aliphatic rings. The largest absolute Gasteiger partial charge is 0.371 e. The van der Waals surface area contributed by atoms with Gasteiger partial charge in [-0.3, -0.25) is 9.59 Å². The van der Waals surface area contributed by atoms with Crippen LogP contribution in [0.5, 0.6) is 0 Å². The fourth-order valence-corrected chi connectivity index (χ4v) is 4.38. The van der Waals surface area contributed by atoms with E-state index in [-0.39, 0.29) is 17.5 Å². The highest BCUT2D eigenvalue weighted by Gasteiger charge is 2.23. The molecule has 1 aliphatic heterocycles. The molecule has 6 heteroatoms. The molecule has 1 aliphatic carbocycles. The van der Waals surface area contributed by atoms with Gasteiger partial charge in [-0.1, -0.05) is 31.4 Å². The van der Waals surface area contributed by atoms with Gasteiger partial charge >= 0.3 is 0 Å². The van der Waals surface area contributed by atoms with Crippen LogP contribution in [-0.2, 0) is 0 Å². The molecular formula is C24H28FN3O2. The summed E-state index contributed by atoms with van der Waals surface area (Å²) in [7, 11) is 0. The summed E-state index contributed by atoms with van der Waals surface area (Å²) >= 11 is 0. The Bertz CT molecular complexity index is 918. The molecule has 2 amide bonds. The number of rotatable bonds is 5. The van der Waals surface area contributed by atoms with Crippen LogP contribution < -0.4 is 15.5 Å². The number of hydrogen-bond acceptors (Lipinski definition) is 3. The van der Waals surface area contributed by atoms with E-state index in [1.807, 2.05) is 6.07 Å². The summed E-state index contributed by atoms with van der Waals surface area (Å²) in [6.07, 6.45) is 7.74. The minimum atomic E-state index is -0.570. The van der Waals surface area contributed by atoms with Crippen molar-refractivity contribution in [3.8, 4) is 0 Å². The Labute approximate surface area is 176 Å². The van der Waals surface area contributed by atoms with E-state index in [1.165, 1.54) is 18.6 Å². The quantitative estimate of drug-likeness (QED) is 0.750. The minimum absolute atomic E-state index is 0.0191. The number of carbonyl (C=O) groups is 2. The maximum Gasteiger partial charge on any atom is 0.258 e. The third-order valence-electron chi connectivity index (χ3n) is 6.00. The first-order valence-electron chi connectivity index (χ1n) is 10.9. The normalized spacial score (nSPS) is 17.0. The molecule has 4 rings (SSSR count). The van der Waals surface area contributed by atoms with Crippen LogP contribution >= 0.6 is 0 Å². The number of amides is 2. The van der Waals surface area contributed by atoms with Crippen molar-refractivity contribution in [2.45, 2.75) is 51.0 Å². The number of nitrogens with one attached hydrogen (secondary N) is 2. The lowest BCUT2D eigenvalue weighted by molar-refractivity contribution is 0.0927. The summed E-state index contributed by atoms with van der Waals surface area (Å²) in [5.41, 5.74) is 1.92. The Morgan fingerprint density at radius 2 is 1.60 bits per heavy atom. The lowest BCUT2D eigenvalue weighted by Crippen LogP contribution is -2.37. The molecule has 0 radical (unpaired) electrons. The van der Waals surface area contributed by atoms with Gasteiger partial charge in [-0.25, -0.2) is 4.39 Å². The molecule has 0 bridgehead atoms. The van der Waals surface area contributed by atoms with Crippen LogP contribution in [0.4, 0.5) is 15.8 Å². The van der Waals surface area contributed by atoms with Crippen molar-refractivity contribution in [3.05, 3.63) is 59.4 Å². The third-order valence-corrected chi connectivity index (χ3v) is 6.00. The Balaban J connectivity index is 1.57. The zero-order valence-electron chi connectivity index (χ0n) is 17.1. The molecular weight excluding hydrogens is 381 g/mol. The molecule has 0 spiro atoms. The average Bonchev–Trinajstić information content (AvgIpc) is 3.29. The van der Waals surface area contributed by atoms with E-state index in [2.05, 4.69) is 15.5 Å². The maximum atomic E-state index is 13.9. The summed E-state index contributed by atoms with van der Waals surface area (Å²) in [6, 6.07) is 11.5. The molecule has 158 valence electrons. The first-order valence-corrected chi connectivity index (χ1v) is 10.9. The summed E-state index contributed by atoms with van der Waals surface area (Å²) < 4.78 is 13.9. The first kappa shape index (κ1) is 20.4. The fraction of sp³-hybridized carbons (Fsp3) is 0.417. The van der Waals surface area contributed by atoms with Gasteiger partial charge in [-0.2, -0.15) is 0 Å². The molecule has 0 aromatic heterocycles. The van der Waals surface area contributed by atoms with Gasteiger partial charge < -0.3 is 15.5 Å². The van der Waals surface area contributed by atoms with E-state index < -0.39 is 11.7 Å². The van der Waals surface area contributed by atoms with Crippen molar-refractivity contribution in [3.63, 3.8) is 0 Å². The third kappa shape index (κ3) is 4.64. The second-order valence-electron chi connectivity index (χ2n) is 8.17. The van der Waals surface area contributed by atoms with Gasteiger partial charge in [0.25, 0.3) is 11.8 Å². The highest BCUT2D eigenvalue weighted by atomic mass is 19.1. The van der Waals surface area contributed by atoms with Crippen molar-refractivity contribution in [1.82, 2.24) is 5.32 Å². The SMILES string of the molecule is O=C(Nc1ccc(N2CCCC2)c(C(=O)NC2CCCCC2)c1)c1ccccc1F. The van der Waals surface area contributed by atoms with Crippen LogP contribution in [0.3, 0.4) is 0 Å². The van der Waals surface area contributed by atoms with E-state index >= 15 is 0 Å². The highest BCUT2D eigenvalue weighted by Crippen LogP contribution is 2.28. The molecule has 2 aromatic carbocycles. The maximum absolute atomic E-state index is 13.9. The Morgan fingerprint density at radius 1 is 0.867 bits per heavy atom. The number of halogens is 1. The van der Waals surface area contributed by atoms with Crippen molar-refractivity contribution in [2.24, 2.45) is 0 Å². The zero-order chi connectivity index (χ0) is 20.9. The predicted octanol–water partition coefficient (Wildman–Crippen LogP) is 4.74. The summed E-state index contributed by atoms with van der Waals surface area (Å²) in [5, 5.41) is 5.92. The smallest absolute Gasteiger partial charge is 0.258 e. The molecule has 2 fully saturated rings. The lowest BCUT2D eigenvalue weighted by atomic mass is 9.95. The minimum Gasteiger partial charge on any atom is -0.371 e. The number of benzene rings is 2. The van der Waals surface area contributed by atoms with E-state index in [0.717, 1.165) is 57.3 Å². The number of hydrogen-bond donors (Lipinski definition) is 2. The van der Waals surface area contributed by atoms with Gasteiger partial charge in [-0.05, 0) is 56.0 Å². The summed E-state index contributed by atoms with van der Waals surface area (Å²) in [5.74, 6) is -1.20. The van der Waals surface area contributed by atoms with Crippen molar-refractivity contribution in [1.29, 1.82) is 0 Å². The number of nitrogens with zero attached hydrogens (tertiary/aromatic N) is 1. The standard InChI is InChI=1S/C24H28FN3O2/c25-21-11-5-4-10-19(21)23(29)27-18-12-13-22(28-14-6-7-15-28)20(16-18)24(30)26-17-8-2-1-3-9-17/h4-5,10-13,16-17H,1-3,6-9,14-15H2,(H,26,30)(H,27,29). The monoisotopic (exact) mass is 409 g/mol. The van der Waals surface area contributed by atoms with Gasteiger partial charge in [0, 0.05) is 30.5 Å². The highest BCUT2D eigenvalue weighted by molar-refractivity contribution is 6.06. The van der Waals surface area contributed by atoms with E-state index in [1.54, 1.807) is 24.3 Å². The molecule has 5 nitrogen and oxygen atoms in total. The molecule has 2 aromatic rings. The second-order valence-corrected chi connectivity index (χ2v) is 8.17.